The number of carbonyl (C=O) groups excluding carboxylic acids is 2. The lowest BCUT2D eigenvalue weighted by molar-refractivity contribution is -0.120. The molecule has 0 fully saturated rings. The molecule has 0 aliphatic heterocycles. The van der Waals surface area contributed by atoms with Crippen LogP contribution in [0.25, 0.3) is 0 Å². The second-order valence-electron chi connectivity index (χ2n) is 10.2. The van der Waals surface area contributed by atoms with Crippen LogP contribution >= 0.6 is 0 Å². The minimum absolute atomic E-state index is 0.0724. The van der Waals surface area contributed by atoms with Crippen molar-refractivity contribution >= 4 is 35.0 Å². The third-order valence-corrected chi connectivity index (χ3v) is 6.13. The van der Waals surface area contributed by atoms with Crippen LogP contribution in [-0.4, -0.2) is 71.4 Å². The number of alkyl halides is 3. The van der Waals surface area contributed by atoms with E-state index in [2.05, 4.69) is 25.9 Å². The number of nitrogens with zero attached hydrogens (tertiary/aromatic N) is 3. The Labute approximate surface area is 253 Å². The Morgan fingerprint density at radius 3 is 2.50 bits per heavy atom. The lowest BCUT2D eigenvalue weighted by Crippen LogP contribution is -2.39. The lowest BCUT2D eigenvalue weighted by atomic mass is 10.0. The second-order valence-corrected chi connectivity index (χ2v) is 10.2. The van der Waals surface area contributed by atoms with E-state index in [1.165, 1.54) is 30.5 Å². The smallest absolute Gasteiger partial charge is 0.299 e. The lowest BCUT2D eigenvalue weighted by Gasteiger charge is -2.21. The Hall–Kier alpha value is -4.53. The first-order valence-electron chi connectivity index (χ1n) is 13.8. The summed E-state index contributed by atoms with van der Waals surface area (Å²) in [7, 11) is 3.56. The van der Waals surface area contributed by atoms with Gasteiger partial charge >= 0.3 is 0 Å². The third-order valence-electron chi connectivity index (χ3n) is 6.13. The Morgan fingerprint density at radius 2 is 1.84 bits per heavy atom. The number of amides is 2. The van der Waals surface area contributed by atoms with Crippen molar-refractivity contribution in [3.05, 3.63) is 83.6 Å². The number of nitrogens with one attached hydrogen (secondary N) is 4. The number of hydrogen-bond donors (Lipinski definition) is 6. The van der Waals surface area contributed by atoms with Crippen molar-refractivity contribution in [1.82, 2.24) is 20.2 Å². The molecule has 2 unspecified atom stereocenters. The standard InChI is InChI=1S/C30H37F3N8O3/c1-4-14-35-27-23(17-36-29(40-27)39-21-12-10-19(11-13-21)26(34)43)28(44)38-22-8-5-7-20(16-22)25(31)30(32,33)18-37-24(42)9-6-15-41(2)3/h5-13,16-17,25-26,43H,4,14-15,18,34H2,1-3H3,(H,37,42)(H,38,44)(H2,35,36,39,40)/b9-6+. The molecule has 7 N–H and O–H groups in total. The molecule has 2 amide bonds. The quantitative estimate of drug-likeness (QED) is 0.109. The van der Waals surface area contributed by atoms with Gasteiger partial charge in [-0.1, -0.05) is 37.3 Å². The van der Waals surface area contributed by atoms with Crippen LogP contribution in [0.2, 0.25) is 0 Å². The number of hydrogen-bond acceptors (Lipinski definition) is 9. The van der Waals surface area contributed by atoms with Crippen molar-refractivity contribution in [2.24, 2.45) is 5.73 Å². The second kappa shape index (κ2) is 15.8. The Balaban J connectivity index is 1.71. The molecular formula is C30H37F3N8O3. The number of anilines is 4. The first-order chi connectivity index (χ1) is 20.9. The Kier molecular flexibility index (Phi) is 12.2. The molecule has 0 saturated heterocycles. The van der Waals surface area contributed by atoms with E-state index in [1.54, 1.807) is 43.3 Å². The number of aliphatic hydroxyl groups is 1. The first kappa shape index (κ1) is 34.0. The average molecular weight is 615 g/mol. The van der Waals surface area contributed by atoms with Gasteiger partial charge in [0.25, 0.3) is 11.8 Å². The Bertz CT molecular complexity index is 1440. The first-order valence-corrected chi connectivity index (χ1v) is 13.8. The molecule has 1 heterocycles. The van der Waals surface area contributed by atoms with Crippen molar-refractivity contribution < 1.29 is 27.9 Å². The van der Waals surface area contributed by atoms with Crippen LogP contribution in [0, 0.1) is 0 Å². The van der Waals surface area contributed by atoms with Gasteiger partial charge < -0.3 is 37.0 Å². The highest BCUT2D eigenvalue weighted by Crippen LogP contribution is 2.35. The molecule has 0 bridgehead atoms. The largest absolute Gasteiger partial charge is 0.375 e. The van der Waals surface area contributed by atoms with E-state index in [9.17, 15) is 27.9 Å². The number of aliphatic hydroxyl groups excluding tert-OH is 1. The minimum atomic E-state index is -3.91. The predicted octanol–water partition coefficient (Wildman–Crippen LogP) is 4.12. The van der Waals surface area contributed by atoms with Crippen LogP contribution in [-0.2, 0) is 4.79 Å². The molecule has 14 heteroatoms. The fourth-order valence-electron chi connectivity index (χ4n) is 3.82. The zero-order chi connectivity index (χ0) is 32.3. The highest BCUT2D eigenvalue weighted by molar-refractivity contribution is 6.07. The molecule has 0 saturated carbocycles. The van der Waals surface area contributed by atoms with Gasteiger partial charge in [-0.2, -0.15) is 4.98 Å². The fourth-order valence-corrected chi connectivity index (χ4v) is 3.82. The van der Waals surface area contributed by atoms with Gasteiger partial charge in [-0.15, -0.1) is 0 Å². The van der Waals surface area contributed by atoms with Crippen molar-refractivity contribution in [1.29, 1.82) is 0 Å². The van der Waals surface area contributed by atoms with Crippen LogP contribution in [0.15, 0.2) is 66.9 Å². The maximum atomic E-state index is 15.0. The summed E-state index contributed by atoms with van der Waals surface area (Å²) in [6.45, 7) is 1.66. The van der Waals surface area contributed by atoms with Crippen LogP contribution in [0.3, 0.4) is 0 Å². The van der Waals surface area contributed by atoms with Gasteiger partial charge in [-0.05, 0) is 55.9 Å². The summed E-state index contributed by atoms with van der Waals surface area (Å²) >= 11 is 0. The maximum absolute atomic E-state index is 15.0. The topological polar surface area (TPSA) is 158 Å². The Morgan fingerprint density at radius 1 is 1.11 bits per heavy atom. The van der Waals surface area contributed by atoms with Crippen molar-refractivity contribution in [3.8, 4) is 0 Å². The van der Waals surface area contributed by atoms with Gasteiger partial charge in [0.05, 0.1) is 6.54 Å². The maximum Gasteiger partial charge on any atom is 0.299 e. The number of benzene rings is 2. The number of carbonyl (C=O) groups is 2. The zero-order valence-electron chi connectivity index (χ0n) is 24.7. The zero-order valence-corrected chi connectivity index (χ0v) is 24.7. The van der Waals surface area contributed by atoms with Gasteiger partial charge in [0.1, 0.15) is 17.6 Å². The number of halogens is 3. The molecule has 0 aliphatic carbocycles. The molecule has 0 radical (unpaired) electrons. The molecule has 236 valence electrons. The van der Waals surface area contributed by atoms with Crippen LogP contribution < -0.4 is 27.0 Å². The van der Waals surface area contributed by atoms with E-state index in [0.29, 0.717) is 24.3 Å². The summed E-state index contributed by atoms with van der Waals surface area (Å²) in [5.74, 6) is -4.91. The minimum Gasteiger partial charge on any atom is -0.375 e. The summed E-state index contributed by atoms with van der Waals surface area (Å²) in [6, 6.07) is 11.7. The molecule has 2 atom stereocenters. The van der Waals surface area contributed by atoms with Gasteiger partial charge in [-0.3, -0.25) is 9.59 Å². The van der Waals surface area contributed by atoms with E-state index in [-0.39, 0.29) is 28.6 Å². The monoisotopic (exact) mass is 614 g/mol. The molecule has 44 heavy (non-hydrogen) atoms. The van der Waals surface area contributed by atoms with E-state index in [0.717, 1.165) is 18.6 Å². The molecule has 0 aliphatic rings. The van der Waals surface area contributed by atoms with Gasteiger partial charge in [0.15, 0.2) is 6.17 Å². The van der Waals surface area contributed by atoms with E-state index in [4.69, 9.17) is 5.73 Å². The van der Waals surface area contributed by atoms with E-state index < -0.39 is 36.7 Å². The van der Waals surface area contributed by atoms with Crippen molar-refractivity contribution in [3.63, 3.8) is 0 Å². The molecule has 0 spiro atoms. The summed E-state index contributed by atoms with van der Waals surface area (Å²) in [5, 5.41) is 20.2. The molecule has 3 rings (SSSR count). The number of rotatable bonds is 15. The van der Waals surface area contributed by atoms with Gasteiger partial charge in [-0.25, -0.2) is 18.2 Å². The normalized spacial score (nSPS) is 13.0. The molecule has 1 aromatic heterocycles. The summed E-state index contributed by atoms with van der Waals surface area (Å²) in [6.07, 6.45) is 0.788. The highest BCUT2D eigenvalue weighted by Gasteiger charge is 2.41. The predicted molar refractivity (Wildman–Crippen MR) is 164 cm³/mol. The molecule has 11 nitrogen and oxygen atoms in total. The van der Waals surface area contributed by atoms with Crippen molar-refractivity contribution in [2.45, 2.75) is 31.7 Å². The summed E-state index contributed by atoms with van der Waals surface area (Å²) in [5.41, 5.74) is 6.37. The molecule has 2 aromatic carbocycles. The van der Waals surface area contributed by atoms with Crippen LogP contribution in [0.5, 0.6) is 0 Å². The summed E-state index contributed by atoms with van der Waals surface area (Å²) in [4.78, 5) is 35.4. The van der Waals surface area contributed by atoms with E-state index >= 15 is 0 Å². The molecular weight excluding hydrogens is 577 g/mol. The highest BCUT2D eigenvalue weighted by atomic mass is 19.3. The summed E-state index contributed by atoms with van der Waals surface area (Å²) < 4.78 is 44.2. The van der Waals surface area contributed by atoms with Crippen LogP contribution in [0.1, 0.15) is 47.2 Å². The van der Waals surface area contributed by atoms with Gasteiger partial charge in [0, 0.05) is 36.7 Å². The van der Waals surface area contributed by atoms with E-state index in [1.807, 2.05) is 12.2 Å². The van der Waals surface area contributed by atoms with Crippen LogP contribution in [0.4, 0.5) is 36.3 Å². The fraction of sp³-hybridized carbons (Fsp3) is 0.333. The van der Waals surface area contributed by atoms with Gasteiger partial charge in [0.2, 0.25) is 11.9 Å². The average Bonchev–Trinajstić information content (AvgIpc) is 2.99. The van der Waals surface area contributed by atoms with Crippen molar-refractivity contribution in [2.75, 3.05) is 49.7 Å². The number of likely N-dealkylation sites (N-methyl/N-ethyl adjacent to an activating group) is 1. The third kappa shape index (κ3) is 10.0. The molecule has 3 aromatic rings. The number of nitrogens with two attached hydrogens (primary N) is 1. The number of aromatic nitrogens is 2. The SMILES string of the molecule is CCCNc1nc(Nc2ccc(C(N)O)cc2)ncc1C(=O)Nc1cccc(C(F)C(F)(F)CNC(=O)/C=C/CN(C)C)c1.